The fourth-order valence-corrected chi connectivity index (χ4v) is 2.94. The van der Waals surface area contributed by atoms with Crippen LogP contribution in [0.2, 0.25) is 0 Å². The lowest BCUT2D eigenvalue weighted by molar-refractivity contribution is -0.130. The van der Waals surface area contributed by atoms with Crippen molar-refractivity contribution in [1.29, 1.82) is 0 Å². The number of halogens is 1. The topological polar surface area (TPSA) is 88.6 Å². The van der Waals surface area contributed by atoms with E-state index in [-0.39, 0.29) is 30.8 Å². The van der Waals surface area contributed by atoms with Gasteiger partial charge in [0, 0.05) is 25.2 Å². The molecule has 3 N–H and O–H groups in total. The zero-order valence-electron chi connectivity index (χ0n) is 14.6. The van der Waals surface area contributed by atoms with E-state index in [0.717, 1.165) is 31.5 Å². The molecule has 0 atom stereocenters. The molecule has 140 valence electrons. The molecule has 3 rings (SSSR count). The summed E-state index contributed by atoms with van der Waals surface area (Å²) in [6.07, 6.45) is 4.87. The minimum absolute atomic E-state index is 0. The number of nitrogens with one attached hydrogen (secondary N) is 1. The fourth-order valence-electron chi connectivity index (χ4n) is 2.94. The van der Waals surface area contributed by atoms with Gasteiger partial charge in [0.25, 0.3) is 5.91 Å². The van der Waals surface area contributed by atoms with Gasteiger partial charge in [0.05, 0.1) is 12.1 Å². The summed E-state index contributed by atoms with van der Waals surface area (Å²) in [6, 6.07) is 9.20. The lowest BCUT2D eigenvalue weighted by Crippen LogP contribution is -2.27. The lowest BCUT2D eigenvalue weighted by atomic mass is 10.1. The highest BCUT2D eigenvalue weighted by atomic mass is 35.5. The number of rotatable bonds is 6. The molecule has 0 saturated carbocycles. The standard InChI is InChI=1S/C19H23N3O3.ClH/c20-12-17-11-15(13-25-17)19(24)21-16-6-3-14(4-7-16)5-8-18(23)22-9-1-2-10-22;/h3-4,6-7,11,13H,1-2,5,8-10,12,20H2,(H,21,24);1H. The number of furan rings is 1. The quantitative estimate of drug-likeness (QED) is 0.809. The Labute approximate surface area is 159 Å². The van der Waals surface area contributed by atoms with E-state index in [1.54, 1.807) is 6.07 Å². The van der Waals surface area contributed by atoms with Crippen molar-refractivity contribution in [3.8, 4) is 0 Å². The highest BCUT2D eigenvalue weighted by Crippen LogP contribution is 2.15. The maximum atomic E-state index is 12.1. The number of hydrogen-bond donors (Lipinski definition) is 2. The Hall–Kier alpha value is -2.31. The normalized spacial score (nSPS) is 13.3. The molecule has 0 spiro atoms. The first-order chi connectivity index (χ1) is 12.2. The Kier molecular flexibility index (Phi) is 7.24. The monoisotopic (exact) mass is 377 g/mol. The third kappa shape index (κ3) is 5.09. The molecule has 0 unspecified atom stereocenters. The van der Waals surface area contributed by atoms with E-state index < -0.39 is 0 Å². The molecule has 2 aromatic rings. The number of hydrogen-bond acceptors (Lipinski definition) is 4. The lowest BCUT2D eigenvalue weighted by Gasteiger charge is -2.15. The van der Waals surface area contributed by atoms with Crippen molar-refractivity contribution in [2.45, 2.75) is 32.2 Å². The summed E-state index contributed by atoms with van der Waals surface area (Å²) in [5.74, 6) is 0.564. The number of nitrogens with two attached hydrogens (primary N) is 1. The third-order valence-corrected chi connectivity index (χ3v) is 4.42. The van der Waals surface area contributed by atoms with E-state index in [1.807, 2.05) is 29.2 Å². The van der Waals surface area contributed by atoms with Gasteiger partial charge in [-0.2, -0.15) is 0 Å². The molecule has 1 aromatic carbocycles. The zero-order valence-corrected chi connectivity index (χ0v) is 15.4. The zero-order chi connectivity index (χ0) is 17.6. The maximum Gasteiger partial charge on any atom is 0.258 e. The van der Waals surface area contributed by atoms with Crippen molar-refractivity contribution < 1.29 is 14.0 Å². The predicted molar refractivity (Wildman–Crippen MR) is 102 cm³/mol. The number of nitrogens with zero attached hydrogens (tertiary/aromatic N) is 1. The molecule has 2 amide bonds. The Morgan fingerprint density at radius 3 is 2.46 bits per heavy atom. The number of likely N-dealkylation sites (tertiary alicyclic amines) is 1. The summed E-state index contributed by atoms with van der Waals surface area (Å²) < 4.78 is 5.17. The Balaban J connectivity index is 0.00000243. The highest BCUT2D eigenvalue weighted by molar-refractivity contribution is 6.04. The van der Waals surface area contributed by atoms with Gasteiger partial charge >= 0.3 is 0 Å². The number of aryl methyl sites for hydroxylation is 1. The van der Waals surface area contributed by atoms with Gasteiger partial charge in [-0.25, -0.2) is 0 Å². The minimum atomic E-state index is -0.236. The average molecular weight is 378 g/mol. The Morgan fingerprint density at radius 1 is 1.15 bits per heavy atom. The fraction of sp³-hybridized carbons (Fsp3) is 0.368. The molecule has 26 heavy (non-hydrogen) atoms. The van der Waals surface area contributed by atoms with Crippen LogP contribution >= 0.6 is 12.4 Å². The molecule has 1 saturated heterocycles. The largest absolute Gasteiger partial charge is 0.467 e. The molecular weight excluding hydrogens is 354 g/mol. The van der Waals surface area contributed by atoms with Crippen LogP contribution in [0.4, 0.5) is 5.69 Å². The van der Waals surface area contributed by atoms with Crippen molar-refractivity contribution >= 4 is 29.9 Å². The predicted octanol–water partition coefficient (Wildman–Crippen LogP) is 2.97. The number of amides is 2. The number of carbonyl (C=O) groups excluding carboxylic acids is 2. The van der Waals surface area contributed by atoms with Gasteiger partial charge in [-0.05, 0) is 43.0 Å². The van der Waals surface area contributed by atoms with Crippen LogP contribution in [0.5, 0.6) is 0 Å². The van der Waals surface area contributed by atoms with Crippen molar-refractivity contribution in [2.75, 3.05) is 18.4 Å². The van der Waals surface area contributed by atoms with Gasteiger partial charge in [-0.3, -0.25) is 9.59 Å². The molecule has 0 aliphatic carbocycles. The first kappa shape index (κ1) is 20.0. The highest BCUT2D eigenvalue weighted by Gasteiger charge is 2.17. The molecule has 1 aromatic heterocycles. The van der Waals surface area contributed by atoms with Crippen LogP contribution < -0.4 is 11.1 Å². The number of anilines is 1. The molecule has 7 heteroatoms. The van der Waals surface area contributed by atoms with E-state index in [4.69, 9.17) is 10.2 Å². The Morgan fingerprint density at radius 2 is 1.85 bits per heavy atom. The van der Waals surface area contributed by atoms with E-state index >= 15 is 0 Å². The third-order valence-electron chi connectivity index (χ3n) is 4.42. The van der Waals surface area contributed by atoms with Gasteiger partial charge in [0.1, 0.15) is 12.0 Å². The summed E-state index contributed by atoms with van der Waals surface area (Å²) in [5.41, 5.74) is 7.70. The van der Waals surface area contributed by atoms with Gasteiger partial charge < -0.3 is 20.4 Å². The number of carbonyl (C=O) groups is 2. The van der Waals surface area contributed by atoms with Crippen LogP contribution in [0.1, 0.15) is 40.9 Å². The molecule has 2 heterocycles. The summed E-state index contributed by atoms with van der Waals surface area (Å²) in [4.78, 5) is 26.1. The number of benzene rings is 1. The summed E-state index contributed by atoms with van der Waals surface area (Å²) in [6.45, 7) is 2.05. The summed E-state index contributed by atoms with van der Waals surface area (Å²) in [7, 11) is 0. The first-order valence-electron chi connectivity index (χ1n) is 8.61. The van der Waals surface area contributed by atoms with E-state index in [9.17, 15) is 9.59 Å². The van der Waals surface area contributed by atoms with E-state index in [1.165, 1.54) is 6.26 Å². The second-order valence-electron chi connectivity index (χ2n) is 6.24. The van der Waals surface area contributed by atoms with Crippen molar-refractivity contribution in [3.05, 3.63) is 53.5 Å². The van der Waals surface area contributed by atoms with Gasteiger partial charge in [0.15, 0.2) is 0 Å². The molecule has 1 aliphatic rings. The SMILES string of the molecule is Cl.NCc1cc(C(=O)Nc2ccc(CCC(=O)N3CCCC3)cc2)co1. The first-order valence-corrected chi connectivity index (χ1v) is 8.61. The average Bonchev–Trinajstić information content (AvgIpc) is 3.32. The van der Waals surface area contributed by atoms with Gasteiger partial charge in [-0.1, -0.05) is 12.1 Å². The molecule has 6 nitrogen and oxygen atoms in total. The van der Waals surface area contributed by atoms with Crippen LogP contribution in [-0.4, -0.2) is 29.8 Å². The minimum Gasteiger partial charge on any atom is -0.467 e. The smallest absolute Gasteiger partial charge is 0.258 e. The van der Waals surface area contributed by atoms with Crippen LogP contribution in [0.25, 0.3) is 0 Å². The van der Waals surface area contributed by atoms with Crippen LogP contribution in [0, 0.1) is 0 Å². The molecule has 1 aliphatic heterocycles. The van der Waals surface area contributed by atoms with Crippen LogP contribution in [0.15, 0.2) is 41.0 Å². The Bertz CT molecular complexity index is 737. The van der Waals surface area contributed by atoms with E-state index in [2.05, 4.69) is 5.32 Å². The summed E-state index contributed by atoms with van der Waals surface area (Å²) in [5, 5.41) is 2.82. The van der Waals surface area contributed by atoms with Crippen LogP contribution in [-0.2, 0) is 17.8 Å². The van der Waals surface area contributed by atoms with Crippen molar-refractivity contribution in [1.82, 2.24) is 4.90 Å². The molecule has 0 radical (unpaired) electrons. The van der Waals surface area contributed by atoms with Gasteiger partial charge in [0.2, 0.25) is 5.91 Å². The molecule has 0 bridgehead atoms. The van der Waals surface area contributed by atoms with Crippen molar-refractivity contribution in [3.63, 3.8) is 0 Å². The summed E-state index contributed by atoms with van der Waals surface area (Å²) >= 11 is 0. The van der Waals surface area contributed by atoms with E-state index in [0.29, 0.717) is 29.9 Å². The second kappa shape index (κ2) is 9.40. The van der Waals surface area contributed by atoms with Crippen molar-refractivity contribution in [2.24, 2.45) is 5.73 Å². The molecular formula is C19H24ClN3O3. The van der Waals surface area contributed by atoms with Crippen LogP contribution in [0.3, 0.4) is 0 Å². The maximum absolute atomic E-state index is 12.1. The van der Waals surface area contributed by atoms with Gasteiger partial charge in [-0.15, -0.1) is 12.4 Å². The second-order valence-corrected chi connectivity index (χ2v) is 6.24. The molecule has 1 fully saturated rings.